The molecule has 0 fully saturated rings. The second-order valence-electron chi connectivity index (χ2n) is 17.3. The van der Waals surface area contributed by atoms with Crippen LogP contribution in [0.2, 0.25) is 0 Å². The molecule has 0 heteroatoms. The van der Waals surface area contributed by atoms with Gasteiger partial charge in [-0.05, 0) is 180 Å². The minimum Gasteiger partial charge on any atom is -0.0610 e. The Balaban J connectivity index is 0.843. The molecule has 0 unspecified atom stereocenters. The van der Waals surface area contributed by atoms with Gasteiger partial charge in [0.15, 0.2) is 0 Å². The van der Waals surface area contributed by atoms with E-state index in [0.29, 0.717) is 0 Å². The summed E-state index contributed by atoms with van der Waals surface area (Å²) in [5.74, 6) is 0. The Morgan fingerprint density at radius 3 is 0.898 bits per heavy atom. The van der Waals surface area contributed by atoms with Gasteiger partial charge in [-0.3, -0.25) is 0 Å². The quantitative estimate of drug-likeness (QED) is 0.157. The summed E-state index contributed by atoms with van der Waals surface area (Å²) in [6.07, 6.45) is 0. The first-order valence-corrected chi connectivity index (χ1v) is 20.8. The lowest BCUT2D eigenvalue weighted by atomic mass is 9.80. The van der Waals surface area contributed by atoms with Crippen molar-refractivity contribution in [1.82, 2.24) is 0 Å². The van der Waals surface area contributed by atoms with Gasteiger partial charge in [0.2, 0.25) is 0 Å². The van der Waals surface area contributed by atoms with Crippen molar-refractivity contribution in [2.45, 2.75) is 19.3 Å². The lowest BCUT2D eigenvalue weighted by molar-refractivity contribution is 0.661. The highest BCUT2D eigenvalue weighted by Gasteiger charge is 2.36. The summed E-state index contributed by atoms with van der Waals surface area (Å²) in [7, 11) is 0. The average Bonchev–Trinajstić information content (AvgIpc) is 3.51. The summed E-state index contributed by atoms with van der Waals surface area (Å²) in [6, 6.07) is 73.3. The molecule has 0 heterocycles. The SMILES string of the molecule is CC1(C)c2cc(-c3cccc(-c4cc5ccc6cccc7ccc(c4)c5c67)c3)ccc2-c2ccc(-c3cccc(-c4cc5ccc6cccc7ccc(c4)c5c67)c3)cc21. The monoisotopic (exact) mass is 746 g/mol. The van der Waals surface area contributed by atoms with Crippen LogP contribution in [-0.4, -0.2) is 0 Å². The van der Waals surface area contributed by atoms with E-state index in [-0.39, 0.29) is 5.41 Å². The van der Waals surface area contributed by atoms with Gasteiger partial charge in [0.05, 0.1) is 0 Å². The second kappa shape index (κ2) is 11.9. The lowest BCUT2D eigenvalue weighted by Crippen LogP contribution is -2.15. The Hall–Kier alpha value is -7.28. The average molecular weight is 747 g/mol. The molecular weight excluding hydrogens is 709 g/mol. The van der Waals surface area contributed by atoms with E-state index in [0.717, 1.165) is 0 Å². The first kappa shape index (κ1) is 32.8. The number of hydrogen-bond acceptors (Lipinski definition) is 0. The molecule has 12 aromatic carbocycles. The molecule has 0 radical (unpaired) electrons. The van der Waals surface area contributed by atoms with Crippen molar-refractivity contribution in [3.8, 4) is 55.6 Å². The van der Waals surface area contributed by atoms with Crippen LogP contribution >= 0.6 is 0 Å². The maximum absolute atomic E-state index is 2.45. The molecule has 0 bridgehead atoms. The molecule has 0 aliphatic heterocycles. The Morgan fingerprint density at radius 1 is 0.237 bits per heavy atom. The van der Waals surface area contributed by atoms with Crippen LogP contribution in [0.1, 0.15) is 25.0 Å². The summed E-state index contributed by atoms with van der Waals surface area (Å²) >= 11 is 0. The number of fused-ring (bicyclic) bond motifs is 3. The molecule has 0 nitrogen and oxygen atoms in total. The van der Waals surface area contributed by atoms with Crippen LogP contribution < -0.4 is 0 Å². The Morgan fingerprint density at radius 2 is 0.525 bits per heavy atom. The molecule has 13 rings (SSSR count). The van der Waals surface area contributed by atoms with Gasteiger partial charge in [-0.1, -0.05) is 159 Å². The van der Waals surface area contributed by atoms with Crippen molar-refractivity contribution in [1.29, 1.82) is 0 Å². The van der Waals surface area contributed by atoms with Gasteiger partial charge < -0.3 is 0 Å². The zero-order valence-electron chi connectivity index (χ0n) is 33.0. The van der Waals surface area contributed by atoms with Crippen molar-refractivity contribution in [3.05, 3.63) is 205 Å². The molecule has 274 valence electrons. The topological polar surface area (TPSA) is 0 Å². The first-order valence-electron chi connectivity index (χ1n) is 20.8. The Bertz CT molecular complexity index is 3320. The van der Waals surface area contributed by atoms with Gasteiger partial charge in [-0.25, -0.2) is 0 Å². The van der Waals surface area contributed by atoms with Gasteiger partial charge in [0.1, 0.15) is 0 Å². The van der Waals surface area contributed by atoms with Gasteiger partial charge in [0, 0.05) is 5.41 Å². The smallest absolute Gasteiger partial charge is 0.0159 e. The van der Waals surface area contributed by atoms with E-state index >= 15 is 0 Å². The molecule has 12 aromatic rings. The van der Waals surface area contributed by atoms with Crippen molar-refractivity contribution in [2.24, 2.45) is 0 Å². The van der Waals surface area contributed by atoms with Crippen LogP contribution in [0.3, 0.4) is 0 Å². The Kier molecular flexibility index (Phi) is 6.60. The van der Waals surface area contributed by atoms with E-state index in [1.54, 1.807) is 0 Å². The highest BCUT2D eigenvalue weighted by atomic mass is 14.4. The zero-order chi connectivity index (χ0) is 39.0. The fourth-order valence-corrected chi connectivity index (χ4v) is 10.7. The maximum atomic E-state index is 2.45. The fraction of sp³-hybridized carbons (Fsp3) is 0.0508. The predicted molar refractivity (Wildman–Crippen MR) is 253 cm³/mol. The van der Waals surface area contributed by atoms with Crippen LogP contribution in [0.25, 0.3) is 120 Å². The Labute approximate surface area is 343 Å². The molecule has 0 saturated heterocycles. The molecule has 0 amide bonds. The van der Waals surface area contributed by atoms with Crippen LogP contribution in [0.5, 0.6) is 0 Å². The molecule has 0 spiro atoms. The number of rotatable bonds is 4. The fourth-order valence-electron chi connectivity index (χ4n) is 10.7. The summed E-state index contributed by atoms with van der Waals surface area (Å²) in [5, 5.41) is 15.8. The molecule has 59 heavy (non-hydrogen) atoms. The van der Waals surface area contributed by atoms with E-state index in [1.807, 2.05) is 0 Å². The third kappa shape index (κ3) is 4.78. The van der Waals surface area contributed by atoms with E-state index < -0.39 is 0 Å². The second-order valence-corrected chi connectivity index (χ2v) is 17.3. The van der Waals surface area contributed by atoms with Gasteiger partial charge >= 0.3 is 0 Å². The van der Waals surface area contributed by atoms with Gasteiger partial charge in [-0.2, -0.15) is 0 Å². The number of benzene rings is 12. The highest BCUT2D eigenvalue weighted by Crippen LogP contribution is 2.51. The standard InChI is InChI=1S/C59H38/c1-59(2)53-33-43(39-11-5-13-41(27-39)49-29-45-19-15-35-7-3-8-36-16-20-46(30-49)57(45)55(35)36)23-25-51(53)52-26-24-44(34-54(52)59)40-12-6-14-42(28-40)50-31-47-21-17-37-9-4-10-38-18-22-48(32-50)58(47)56(37)38/h3-34H,1-2H3. The van der Waals surface area contributed by atoms with Crippen LogP contribution in [-0.2, 0) is 5.41 Å². The van der Waals surface area contributed by atoms with E-state index in [4.69, 9.17) is 0 Å². The van der Waals surface area contributed by atoms with E-state index in [9.17, 15) is 0 Å². The van der Waals surface area contributed by atoms with Gasteiger partial charge in [0.25, 0.3) is 0 Å². The maximum Gasteiger partial charge on any atom is 0.0159 e. The van der Waals surface area contributed by atoms with Crippen LogP contribution in [0, 0.1) is 0 Å². The highest BCUT2D eigenvalue weighted by molar-refractivity contribution is 6.25. The lowest BCUT2D eigenvalue weighted by Gasteiger charge is -2.23. The van der Waals surface area contributed by atoms with Crippen LogP contribution in [0.4, 0.5) is 0 Å². The third-order valence-electron chi connectivity index (χ3n) is 13.7. The summed E-state index contributed by atoms with van der Waals surface area (Å²) in [4.78, 5) is 0. The van der Waals surface area contributed by atoms with Gasteiger partial charge in [-0.15, -0.1) is 0 Å². The summed E-state index contributed by atoms with van der Waals surface area (Å²) in [5.41, 5.74) is 15.3. The van der Waals surface area contributed by atoms with E-state index in [1.165, 1.54) is 131 Å². The zero-order valence-corrected chi connectivity index (χ0v) is 33.0. The predicted octanol–water partition coefficient (Wildman–Crippen LogP) is 16.5. The van der Waals surface area contributed by atoms with Crippen molar-refractivity contribution < 1.29 is 0 Å². The van der Waals surface area contributed by atoms with Crippen molar-refractivity contribution in [3.63, 3.8) is 0 Å². The summed E-state index contributed by atoms with van der Waals surface area (Å²) in [6.45, 7) is 4.79. The summed E-state index contributed by atoms with van der Waals surface area (Å²) < 4.78 is 0. The normalized spacial score (nSPS) is 13.4. The molecule has 0 aromatic heterocycles. The molecule has 1 aliphatic rings. The molecule has 1 aliphatic carbocycles. The molecule has 0 N–H and O–H groups in total. The molecule has 0 atom stereocenters. The van der Waals surface area contributed by atoms with E-state index in [2.05, 4.69) is 208 Å². The molecular formula is C59H38. The third-order valence-corrected chi connectivity index (χ3v) is 13.7. The number of hydrogen-bond donors (Lipinski definition) is 0. The minimum atomic E-state index is -0.143. The minimum absolute atomic E-state index is 0.143. The first-order chi connectivity index (χ1) is 28.9. The largest absolute Gasteiger partial charge is 0.0610 e. The van der Waals surface area contributed by atoms with Crippen LogP contribution in [0.15, 0.2) is 194 Å². The molecule has 0 saturated carbocycles. The van der Waals surface area contributed by atoms with Crippen molar-refractivity contribution >= 4 is 64.6 Å². The van der Waals surface area contributed by atoms with Crippen molar-refractivity contribution in [2.75, 3.05) is 0 Å².